The molecule has 0 aliphatic carbocycles. The fraction of sp³-hybridized carbons (Fsp3) is 0.462. The summed E-state index contributed by atoms with van der Waals surface area (Å²) in [6, 6.07) is 11.0. The van der Waals surface area contributed by atoms with E-state index >= 15 is 0 Å². The zero-order valence-electron chi connectivity index (χ0n) is 9.19. The van der Waals surface area contributed by atoms with E-state index in [0.29, 0.717) is 12.0 Å². The Morgan fingerprint density at radius 1 is 1.33 bits per heavy atom. The summed E-state index contributed by atoms with van der Waals surface area (Å²) >= 11 is 0. The second-order valence-electron chi connectivity index (χ2n) is 4.37. The van der Waals surface area contributed by atoms with Gasteiger partial charge in [-0.05, 0) is 24.8 Å². The van der Waals surface area contributed by atoms with Crippen molar-refractivity contribution in [3.63, 3.8) is 0 Å². The third-order valence-corrected chi connectivity index (χ3v) is 3.07. The molecule has 0 aromatic heterocycles. The molecule has 0 spiro atoms. The number of amidine groups is 1. The van der Waals surface area contributed by atoms with E-state index in [1.54, 1.807) is 0 Å². The molecule has 0 radical (unpaired) electrons. The minimum atomic E-state index is 0.445. The molecule has 1 aliphatic heterocycles. The summed E-state index contributed by atoms with van der Waals surface area (Å²) in [5.74, 6) is 1.32. The molecule has 0 fully saturated rings. The van der Waals surface area contributed by atoms with E-state index in [-0.39, 0.29) is 0 Å². The summed E-state index contributed by atoms with van der Waals surface area (Å²) in [6.45, 7) is 2.15. The summed E-state index contributed by atoms with van der Waals surface area (Å²) in [4.78, 5) is 4.48. The van der Waals surface area contributed by atoms with Crippen LogP contribution in [0.2, 0.25) is 0 Å². The minimum Gasteiger partial charge on any atom is -0.387 e. The SMILES string of the molecule is CC1CC(CCc2ccccc2)N=C1N. The van der Waals surface area contributed by atoms with Gasteiger partial charge in [0.15, 0.2) is 0 Å². The topological polar surface area (TPSA) is 38.4 Å². The predicted molar refractivity (Wildman–Crippen MR) is 64.0 cm³/mol. The predicted octanol–water partition coefficient (Wildman–Crippen LogP) is 2.38. The van der Waals surface area contributed by atoms with Gasteiger partial charge in [0.05, 0.1) is 11.9 Å². The Balaban J connectivity index is 1.85. The van der Waals surface area contributed by atoms with E-state index in [1.165, 1.54) is 5.56 Å². The normalized spacial score (nSPS) is 25.3. The number of aryl methyl sites for hydroxylation is 1. The Kier molecular flexibility index (Phi) is 3.05. The second-order valence-corrected chi connectivity index (χ2v) is 4.37. The van der Waals surface area contributed by atoms with Gasteiger partial charge in [-0.25, -0.2) is 0 Å². The molecule has 1 aromatic rings. The quantitative estimate of drug-likeness (QED) is 0.803. The van der Waals surface area contributed by atoms with Crippen molar-refractivity contribution in [1.82, 2.24) is 0 Å². The van der Waals surface area contributed by atoms with E-state index < -0.39 is 0 Å². The lowest BCUT2D eigenvalue weighted by Gasteiger charge is -2.07. The van der Waals surface area contributed by atoms with Crippen LogP contribution in [0, 0.1) is 5.92 Å². The van der Waals surface area contributed by atoms with Crippen molar-refractivity contribution in [2.45, 2.75) is 32.2 Å². The molecule has 1 aromatic carbocycles. The highest BCUT2D eigenvalue weighted by Crippen LogP contribution is 2.21. The van der Waals surface area contributed by atoms with Crippen molar-refractivity contribution in [2.24, 2.45) is 16.6 Å². The standard InChI is InChI=1S/C13H18N2/c1-10-9-12(15-13(10)14)8-7-11-5-3-2-4-6-11/h2-6,10,12H,7-9H2,1H3,(H2,14,15). The Labute approximate surface area is 91.2 Å². The van der Waals surface area contributed by atoms with E-state index in [9.17, 15) is 0 Å². The maximum atomic E-state index is 5.79. The van der Waals surface area contributed by atoms with Gasteiger partial charge in [0.2, 0.25) is 0 Å². The van der Waals surface area contributed by atoms with Crippen molar-refractivity contribution in [2.75, 3.05) is 0 Å². The van der Waals surface area contributed by atoms with Gasteiger partial charge in [-0.15, -0.1) is 0 Å². The maximum Gasteiger partial charge on any atom is 0.0969 e. The highest BCUT2D eigenvalue weighted by atomic mass is 14.9. The summed E-state index contributed by atoms with van der Waals surface area (Å²) in [7, 11) is 0. The molecule has 15 heavy (non-hydrogen) atoms. The number of hydrogen-bond acceptors (Lipinski definition) is 2. The highest BCUT2D eigenvalue weighted by molar-refractivity contribution is 5.84. The summed E-state index contributed by atoms with van der Waals surface area (Å²) in [5, 5.41) is 0. The van der Waals surface area contributed by atoms with Gasteiger partial charge in [-0.3, -0.25) is 4.99 Å². The average molecular weight is 202 g/mol. The van der Waals surface area contributed by atoms with E-state index in [2.05, 4.69) is 42.2 Å². The van der Waals surface area contributed by atoms with Crippen molar-refractivity contribution >= 4 is 5.84 Å². The van der Waals surface area contributed by atoms with Gasteiger partial charge < -0.3 is 5.73 Å². The molecule has 2 nitrogen and oxygen atoms in total. The van der Waals surface area contributed by atoms with E-state index in [0.717, 1.165) is 25.1 Å². The highest BCUT2D eigenvalue weighted by Gasteiger charge is 2.21. The average Bonchev–Trinajstić information content (AvgIpc) is 2.57. The van der Waals surface area contributed by atoms with Crippen LogP contribution >= 0.6 is 0 Å². The number of hydrogen-bond donors (Lipinski definition) is 1. The number of benzene rings is 1. The van der Waals surface area contributed by atoms with E-state index in [4.69, 9.17) is 5.73 Å². The Hall–Kier alpha value is -1.31. The molecule has 80 valence electrons. The monoisotopic (exact) mass is 202 g/mol. The molecule has 0 saturated carbocycles. The molecule has 2 N–H and O–H groups in total. The molecular formula is C13H18N2. The molecule has 2 rings (SSSR count). The maximum absolute atomic E-state index is 5.79. The molecule has 2 unspecified atom stereocenters. The molecule has 2 heteroatoms. The number of rotatable bonds is 3. The first kappa shape index (κ1) is 10.2. The van der Waals surface area contributed by atoms with Gasteiger partial charge in [0, 0.05) is 5.92 Å². The number of nitrogens with zero attached hydrogens (tertiary/aromatic N) is 1. The lowest BCUT2D eigenvalue weighted by molar-refractivity contribution is 0.562. The zero-order chi connectivity index (χ0) is 10.7. The lowest BCUT2D eigenvalue weighted by Crippen LogP contribution is -2.15. The van der Waals surface area contributed by atoms with Crippen molar-refractivity contribution in [1.29, 1.82) is 0 Å². The molecule has 2 atom stereocenters. The third-order valence-electron chi connectivity index (χ3n) is 3.07. The first-order valence-corrected chi connectivity index (χ1v) is 5.63. The Morgan fingerprint density at radius 2 is 2.07 bits per heavy atom. The van der Waals surface area contributed by atoms with Crippen LogP contribution in [0.3, 0.4) is 0 Å². The van der Waals surface area contributed by atoms with Crippen LogP contribution < -0.4 is 5.73 Å². The fourth-order valence-electron chi connectivity index (χ4n) is 2.08. The Bertz CT molecular complexity index is 343. The largest absolute Gasteiger partial charge is 0.387 e. The molecule has 0 amide bonds. The summed E-state index contributed by atoms with van der Waals surface area (Å²) in [5.41, 5.74) is 7.18. The molecule has 1 heterocycles. The van der Waals surface area contributed by atoms with Gasteiger partial charge in [0.1, 0.15) is 0 Å². The van der Waals surface area contributed by atoms with Gasteiger partial charge >= 0.3 is 0 Å². The van der Waals surface area contributed by atoms with Gasteiger partial charge in [-0.2, -0.15) is 0 Å². The van der Waals surface area contributed by atoms with Crippen molar-refractivity contribution < 1.29 is 0 Å². The summed E-state index contributed by atoms with van der Waals surface area (Å²) in [6.07, 6.45) is 3.35. The van der Waals surface area contributed by atoms with Crippen LogP contribution in [0.15, 0.2) is 35.3 Å². The number of aliphatic imine (C=N–C) groups is 1. The summed E-state index contributed by atoms with van der Waals surface area (Å²) < 4.78 is 0. The fourth-order valence-corrected chi connectivity index (χ4v) is 2.08. The van der Waals surface area contributed by atoms with Crippen LogP contribution in [0.4, 0.5) is 0 Å². The van der Waals surface area contributed by atoms with Crippen LogP contribution in [0.1, 0.15) is 25.3 Å². The van der Waals surface area contributed by atoms with Gasteiger partial charge in [0.25, 0.3) is 0 Å². The molecule has 0 saturated heterocycles. The first-order chi connectivity index (χ1) is 7.25. The lowest BCUT2D eigenvalue weighted by atomic mass is 10.00. The van der Waals surface area contributed by atoms with Crippen molar-refractivity contribution in [3.8, 4) is 0 Å². The third kappa shape index (κ3) is 2.58. The van der Waals surface area contributed by atoms with E-state index in [1.807, 2.05) is 0 Å². The second kappa shape index (κ2) is 4.47. The molecule has 0 bridgehead atoms. The smallest absolute Gasteiger partial charge is 0.0969 e. The zero-order valence-corrected chi connectivity index (χ0v) is 9.19. The molecule has 1 aliphatic rings. The number of nitrogens with two attached hydrogens (primary N) is 1. The molecular weight excluding hydrogens is 184 g/mol. The van der Waals surface area contributed by atoms with Crippen LogP contribution in [0.25, 0.3) is 0 Å². The van der Waals surface area contributed by atoms with Crippen LogP contribution in [-0.2, 0) is 6.42 Å². The van der Waals surface area contributed by atoms with Crippen LogP contribution in [-0.4, -0.2) is 11.9 Å². The van der Waals surface area contributed by atoms with Gasteiger partial charge in [-0.1, -0.05) is 37.3 Å². The van der Waals surface area contributed by atoms with Crippen molar-refractivity contribution in [3.05, 3.63) is 35.9 Å². The minimum absolute atomic E-state index is 0.445. The first-order valence-electron chi connectivity index (χ1n) is 5.63. The Morgan fingerprint density at radius 3 is 2.67 bits per heavy atom. The van der Waals surface area contributed by atoms with Crippen LogP contribution in [0.5, 0.6) is 0 Å².